The van der Waals surface area contributed by atoms with Crippen molar-refractivity contribution in [3.63, 3.8) is 0 Å². The van der Waals surface area contributed by atoms with E-state index in [4.69, 9.17) is 6.42 Å². The minimum atomic E-state index is 0.236. The molecule has 56 valence electrons. The van der Waals surface area contributed by atoms with Crippen LogP contribution in [0.25, 0.3) is 0 Å². The molecular formula is C9H15N. The average Bonchev–Trinajstić information content (AvgIpc) is 1.98. The number of hydrogen-bond acceptors (Lipinski definition) is 1. The van der Waals surface area contributed by atoms with Gasteiger partial charge < -0.3 is 0 Å². The monoisotopic (exact) mass is 137 g/mol. The van der Waals surface area contributed by atoms with Gasteiger partial charge in [0.15, 0.2) is 0 Å². The minimum Gasteiger partial charge on any atom is -0.293 e. The standard InChI is InChI=1S/C9H15N/c1-5-7-8-10(4)9(3)6-2/h2,5,9H,1,7-8H2,3-4H3. The van der Waals surface area contributed by atoms with Crippen LogP contribution in [0.5, 0.6) is 0 Å². The van der Waals surface area contributed by atoms with E-state index >= 15 is 0 Å². The van der Waals surface area contributed by atoms with E-state index in [2.05, 4.69) is 17.4 Å². The largest absolute Gasteiger partial charge is 0.293 e. The zero-order valence-corrected chi connectivity index (χ0v) is 6.80. The van der Waals surface area contributed by atoms with E-state index < -0.39 is 0 Å². The van der Waals surface area contributed by atoms with Crippen molar-refractivity contribution in [3.8, 4) is 12.3 Å². The van der Waals surface area contributed by atoms with Gasteiger partial charge >= 0.3 is 0 Å². The van der Waals surface area contributed by atoms with Gasteiger partial charge in [0.1, 0.15) is 0 Å². The zero-order valence-electron chi connectivity index (χ0n) is 6.80. The highest BCUT2D eigenvalue weighted by atomic mass is 15.1. The maximum atomic E-state index is 5.23. The van der Waals surface area contributed by atoms with Gasteiger partial charge in [-0.25, -0.2) is 0 Å². The third-order valence-corrected chi connectivity index (χ3v) is 1.59. The van der Waals surface area contributed by atoms with Gasteiger partial charge in [0.25, 0.3) is 0 Å². The van der Waals surface area contributed by atoms with E-state index in [1.165, 1.54) is 0 Å². The van der Waals surface area contributed by atoms with Crippen LogP contribution >= 0.6 is 0 Å². The van der Waals surface area contributed by atoms with Crippen molar-refractivity contribution in [3.05, 3.63) is 12.7 Å². The summed E-state index contributed by atoms with van der Waals surface area (Å²) in [6.07, 6.45) is 8.13. The molecule has 0 N–H and O–H groups in total. The Morgan fingerprint density at radius 3 is 2.80 bits per heavy atom. The molecule has 0 amide bonds. The van der Waals surface area contributed by atoms with Crippen molar-refractivity contribution in [1.82, 2.24) is 4.90 Å². The van der Waals surface area contributed by atoms with E-state index in [1.54, 1.807) is 0 Å². The van der Waals surface area contributed by atoms with Gasteiger partial charge in [-0.3, -0.25) is 4.90 Å². The summed E-state index contributed by atoms with van der Waals surface area (Å²) >= 11 is 0. The molecule has 1 nitrogen and oxygen atoms in total. The molecule has 0 rings (SSSR count). The van der Waals surface area contributed by atoms with Crippen molar-refractivity contribution in [2.75, 3.05) is 13.6 Å². The summed E-state index contributed by atoms with van der Waals surface area (Å²) in [5.74, 6) is 2.67. The lowest BCUT2D eigenvalue weighted by molar-refractivity contribution is 0.311. The van der Waals surface area contributed by atoms with E-state index in [1.807, 2.05) is 20.0 Å². The molecule has 0 aliphatic heterocycles. The lowest BCUT2D eigenvalue weighted by atomic mass is 10.3. The van der Waals surface area contributed by atoms with Gasteiger partial charge in [0, 0.05) is 6.54 Å². The molecule has 0 aromatic rings. The van der Waals surface area contributed by atoms with Gasteiger partial charge in [0.05, 0.1) is 6.04 Å². The first-order chi connectivity index (χ1) is 4.72. The van der Waals surface area contributed by atoms with Crippen LogP contribution in [0.2, 0.25) is 0 Å². The molecule has 0 radical (unpaired) electrons. The molecule has 0 heterocycles. The van der Waals surface area contributed by atoms with Crippen LogP contribution < -0.4 is 0 Å². The molecule has 0 aromatic heterocycles. The molecule has 0 saturated heterocycles. The van der Waals surface area contributed by atoms with Gasteiger partial charge in [-0.15, -0.1) is 13.0 Å². The van der Waals surface area contributed by atoms with Crippen molar-refractivity contribution < 1.29 is 0 Å². The molecule has 0 aromatic carbocycles. The van der Waals surface area contributed by atoms with E-state index in [9.17, 15) is 0 Å². The summed E-state index contributed by atoms with van der Waals surface area (Å²) in [6.45, 7) is 6.65. The molecule has 0 saturated carbocycles. The van der Waals surface area contributed by atoms with Gasteiger partial charge in [-0.1, -0.05) is 12.0 Å². The Balaban J connectivity index is 3.52. The van der Waals surface area contributed by atoms with Crippen molar-refractivity contribution >= 4 is 0 Å². The zero-order chi connectivity index (χ0) is 7.98. The highest BCUT2D eigenvalue weighted by Crippen LogP contribution is 1.94. The van der Waals surface area contributed by atoms with Crippen LogP contribution in [-0.2, 0) is 0 Å². The first-order valence-corrected chi connectivity index (χ1v) is 3.49. The van der Waals surface area contributed by atoms with Crippen molar-refractivity contribution in [2.45, 2.75) is 19.4 Å². The fourth-order valence-electron chi connectivity index (χ4n) is 0.616. The SMILES string of the molecule is C#CC(C)N(C)CCC=C. The molecule has 1 atom stereocenters. The van der Waals surface area contributed by atoms with Crippen LogP contribution in [0.3, 0.4) is 0 Å². The first kappa shape index (κ1) is 9.26. The Labute approximate surface area is 63.7 Å². The number of nitrogens with zero attached hydrogens (tertiary/aromatic N) is 1. The van der Waals surface area contributed by atoms with Gasteiger partial charge in [0.2, 0.25) is 0 Å². The summed E-state index contributed by atoms with van der Waals surface area (Å²) < 4.78 is 0. The van der Waals surface area contributed by atoms with Crippen LogP contribution in [0.15, 0.2) is 12.7 Å². The molecule has 10 heavy (non-hydrogen) atoms. The Morgan fingerprint density at radius 1 is 1.80 bits per heavy atom. The summed E-state index contributed by atoms with van der Waals surface area (Å²) in [4.78, 5) is 2.13. The number of rotatable bonds is 4. The molecular weight excluding hydrogens is 122 g/mol. The summed E-state index contributed by atoms with van der Waals surface area (Å²) in [7, 11) is 2.02. The normalized spacial score (nSPS) is 12.6. The number of hydrogen-bond donors (Lipinski definition) is 0. The van der Waals surface area contributed by atoms with E-state index in [-0.39, 0.29) is 6.04 Å². The molecule has 1 heteroatoms. The molecule has 0 fully saturated rings. The second-order valence-electron chi connectivity index (χ2n) is 2.40. The van der Waals surface area contributed by atoms with Crippen molar-refractivity contribution in [2.24, 2.45) is 0 Å². The Hall–Kier alpha value is -0.740. The molecule has 0 aliphatic rings. The smallest absolute Gasteiger partial charge is 0.0680 e. The molecule has 0 aliphatic carbocycles. The predicted molar refractivity (Wildman–Crippen MR) is 45.7 cm³/mol. The van der Waals surface area contributed by atoms with E-state index in [0.29, 0.717) is 0 Å². The Kier molecular flexibility index (Phi) is 4.70. The fraction of sp³-hybridized carbons (Fsp3) is 0.556. The first-order valence-electron chi connectivity index (χ1n) is 3.49. The lowest BCUT2D eigenvalue weighted by Gasteiger charge is -2.18. The quantitative estimate of drug-likeness (QED) is 0.419. The summed E-state index contributed by atoms with van der Waals surface area (Å²) in [5, 5.41) is 0. The fourth-order valence-corrected chi connectivity index (χ4v) is 0.616. The topological polar surface area (TPSA) is 3.24 Å². The van der Waals surface area contributed by atoms with Crippen molar-refractivity contribution in [1.29, 1.82) is 0 Å². The third-order valence-electron chi connectivity index (χ3n) is 1.59. The highest BCUT2D eigenvalue weighted by molar-refractivity contribution is 4.96. The Morgan fingerprint density at radius 2 is 2.40 bits per heavy atom. The number of terminal acetylenes is 1. The van der Waals surface area contributed by atoms with Crippen LogP contribution in [0, 0.1) is 12.3 Å². The highest BCUT2D eigenvalue weighted by Gasteiger charge is 2.02. The third kappa shape index (κ3) is 3.32. The van der Waals surface area contributed by atoms with Gasteiger partial charge in [-0.05, 0) is 20.4 Å². The minimum absolute atomic E-state index is 0.236. The van der Waals surface area contributed by atoms with Gasteiger partial charge in [-0.2, -0.15) is 0 Å². The maximum Gasteiger partial charge on any atom is 0.0680 e. The van der Waals surface area contributed by atoms with Crippen LogP contribution in [-0.4, -0.2) is 24.5 Å². The lowest BCUT2D eigenvalue weighted by Crippen LogP contribution is -2.28. The average molecular weight is 137 g/mol. The summed E-state index contributed by atoms with van der Waals surface area (Å²) in [6, 6.07) is 0.236. The summed E-state index contributed by atoms with van der Waals surface area (Å²) in [5.41, 5.74) is 0. The molecule has 0 bridgehead atoms. The predicted octanol–water partition coefficient (Wildman–Crippen LogP) is 1.52. The molecule has 1 unspecified atom stereocenters. The maximum absolute atomic E-state index is 5.23. The van der Waals surface area contributed by atoms with Crippen LogP contribution in [0.4, 0.5) is 0 Å². The molecule has 0 spiro atoms. The second kappa shape index (κ2) is 5.08. The van der Waals surface area contributed by atoms with Crippen LogP contribution in [0.1, 0.15) is 13.3 Å². The van der Waals surface area contributed by atoms with E-state index in [0.717, 1.165) is 13.0 Å². The Bertz CT molecular complexity index is 132. The second-order valence-corrected chi connectivity index (χ2v) is 2.40.